The van der Waals surface area contributed by atoms with Crippen LogP contribution in [0.1, 0.15) is 22.3 Å². The van der Waals surface area contributed by atoms with E-state index in [1.807, 2.05) is 56.3 Å². The van der Waals surface area contributed by atoms with Crippen molar-refractivity contribution in [2.45, 2.75) is 26.9 Å². The molecule has 0 aliphatic rings. The van der Waals surface area contributed by atoms with Crippen LogP contribution in [0.25, 0.3) is 10.9 Å². The zero-order valence-corrected chi connectivity index (χ0v) is 18.9. The Bertz CT molecular complexity index is 1350. The molecule has 0 unspecified atom stereocenters. The first-order chi connectivity index (χ1) is 15.9. The van der Waals surface area contributed by atoms with Gasteiger partial charge in [-0.05, 0) is 60.7 Å². The maximum Gasteiger partial charge on any atom is 0.322 e. The number of aromatic amines is 1. The van der Waals surface area contributed by atoms with Crippen molar-refractivity contribution in [3.63, 3.8) is 0 Å². The molecule has 4 aromatic rings. The number of para-hydroxylation sites is 2. The number of carbonyl (C=O) groups is 1. The molecule has 0 radical (unpaired) electrons. The van der Waals surface area contributed by atoms with E-state index in [2.05, 4.69) is 15.3 Å². The van der Waals surface area contributed by atoms with E-state index in [1.54, 1.807) is 36.5 Å². The van der Waals surface area contributed by atoms with Gasteiger partial charge in [-0.2, -0.15) is 0 Å². The molecule has 7 nitrogen and oxygen atoms in total. The lowest BCUT2D eigenvalue weighted by Crippen LogP contribution is -2.36. The van der Waals surface area contributed by atoms with Crippen LogP contribution in [0.3, 0.4) is 0 Å². The van der Waals surface area contributed by atoms with E-state index in [1.165, 1.54) is 0 Å². The summed E-state index contributed by atoms with van der Waals surface area (Å²) >= 11 is 0. The number of carbonyl (C=O) groups excluding carboxylic acids is 1. The van der Waals surface area contributed by atoms with E-state index in [-0.39, 0.29) is 18.1 Å². The summed E-state index contributed by atoms with van der Waals surface area (Å²) in [5.41, 5.74) is 4.64. The number of fused-ring (bicyclic) bond motifs is 1. The zero-order chi connectivity index (χ0) is 23.4. The van der Waals surface area contributed by atoms with Crippen molar-refractivity contribution in [2.24, 2.45) is 0 Å². The normalized spacial score (nSPS) is 10.8. The number of pyridine rings is 2. The standard InChI is InChI=1S/C26H26N4O3/c1-17-11-18(2)24-20(12-17)13-21(25(31)29-24)16-30(15-19-7-6-10-27-14-19)26(32)28-22-8-4-5-9-23(22)33-3/h4-14H,15-16H2,1-3H3,(H,28,32)(H,29,31). The van der Waals surface area contributed by atoms with Crippen molar-refractivity contribution in [2.75, 3.05) is 12.4 Å². The Hall–Kier alpha value is -4.13. The number of hydrogen-bond acceptors (Lipinski definition) is 4. The second kappa shape index (κ2) is 9.56. The number of urea groups is 1. The van der Waals surface area contributed by atoms with Crippen molar-refractivity contribution >= 4 is 22.6 Å². The second-order valence-corrected chi connectivity index (χ2v) is 8.02. The summed E-state index contributed by atoms with van der Waals surface area (Å²) in [5.74, 6) is 0.557. The molecule has 4 rings (SSSR count). The summed E-state index contributed by atoms with van der Waals surface area (Å²) in [7, 11) is 1.55. The highest BCUT2D eigenvalue weighted by atomic mass is 16.5. The highest BCUT2D eigenvalue weighted by molar-refractivity contribution is 5.91. The van der Waals surface area contributed by atoms with Crippen LogP contribution in [0.4, 0.5) is 10.5 Å². The molecule has 2 aromatic carbocycles. The van der Waals surface area contributed by atoms with Crippen LogP contribution in [-0.4, -0.2) is 28.0 Å². The van der Waals surface area contributed by atoms with E-state index < -0.39 is 0 Å². The van der Waals surface area contributed by atoms with Gasteiger partial charge in [0.2, 0.25) is 0 Å². The highest BCUT2D eigenvalue weighted by Gasteiger charge is 2.19. The number of methoxy groups -OCH3 is 1. The van der Waals surface area contributed by atoms with E-state index in [0.717, 1.165) is 27.6 Å². The van der Waals surface area contributed by atoms with Gasteiger partial charge < -0.3 is 19.9 Å². The summed E-state index contributed by atoms with van der Waals surface area (Å²) < 4.78 is 5.35. The maximum absolute atomic E-state index is 13.3. The Morgan fingerprint density at radius 3 is 2.67 bits per heavy atom. The van der Waals surface area contributed by atoms with Crippen LogP contribution in [-0.2, 0) is 13.1 Å². The third kappa shape index (κ3) is 5.03. The summed E-state index contributed by atoms with van der Waals surface area (Å²) in [5, 5.41) is 3.84. The summed E-state index contributed by atoms with van der Waals surface area (Å²) in [6.45, 7) is 4.42. The number of ether oxygens (including phenoxy) is 1. The highest BCUT2D eigenvalue weighted by Crippen LogP contribution is 2.24. The fourth-order valence-electron chi connectivity index (χ4n) is 3.91. The molecule has 33 heavy (non-hydrogen) atoms. The van der Waals surface area contributed by atoms with Gasteiger partial charge in [0.25, 0.3) is 5.56 Å². The summed E-state index contributed by atoms with van der Waals surface area (Å²) in [4.78, 5) is 34.9. The van der Waals surface area contributed by atoms with Gasteiger partial charge in [0.05, 0.1) is 24.9 Å². The molecule has 2 aromatic heterocycles. The Morgan fingerprint density at radius 2 is 1.91 bits per heavy atom. The number of benzene rings is 2. The Balaban J connectivity index is 1.68. The molecule has 2 amide bonds. The first-order valence-corrected chi connectivity index (χ1v) is 10.7. The van der Waals surface area contributed by atoms with Crippen LogP contribution in [0, 0.1) is 13.8 Å². The molecule has 0 aliphatic heterocycles. The van der Waals surface area contributed by atoms with Crippen LogP contribution in [0.15, 0.2) is 71.8 Å². The first kappa shape index (κ1) is 22.1. The largest absolute Gasteiger partial charge is 0.495 e. The van der Waals surface area contributed by atoms with Gasteiger partial charge in [-0.3, -0.25) is 9.78 Å². The van der Waals surface area contributed by atoms with Gasteiger partial charge in [0.1, 0.15) is 5.75 Å². The number of nitrogens with zero attached hydrogens (tertiary/aromatic N) is 2. The molecule has 0 saturated carbocycles. The third-order valence-corrected chi connectivity index (χ3v) is 5.46. The molecular formula is C26H26N4O3. The average Bonchev–Trinajstić information content (AvgIpc) is 2.80. The average molecular weight is 443 g/mol. The number of aryl methyl sites for hydroxylation is 2. The summed E-state index contributed by atoms with van der Waals surface area (Å²) in [6.07, 6.45) is 3.39. The van der Waals surface area contributed by atoms with E-state index in [4.69, 9.17) is 4.74 Å². The fraction of sp³-hybridized carbons (Fsp3) is 0.192. The van der Waals surface area contributed by atoms with E-state index >= 15 is 0 Å². The quantitative estimate of drug-likeness (QED) is 0.450. The van der Waals surface area contributed by atoms with Crippen LogP contribution >= 0.6 is 0 Å². The van der Waals surface area contributed by atoms with Gasteiger partial charge >= 0.3 is 6.03 Å². The zero-order valence-electron chi connectivity index (χ0n) is 18.9. The van der Waals surface area contributed by atoms with Crippen molar-refractivity contribution in [3.05, 3.63) is 99.6 Å². The van der Waals surface area contributed by atoms with Gasteiger partial charge in [-0.15, -0.1) is 0 Å². The molecule has 2 N–H and O–H groups in total. The number of hydrogen-bond donors (Lipinski definition) is 2. The molecular weight excluding hydrogens is 416 g/mol. The van der Waals surface area contributed by atoms with Crippen molar-refractivity contribution < 1.29 is 9.53 Å². The first-order valence-electron chi connectivity index (χ1n) is 10.7. The monoisotopic (exact) mass is 442 g/mol. The SMILES string of the molecule is COc1ccccc1NC(=O)N(Cc1cccnc1)Cc1cc2cc(C)cc(C)c2[nH]c1=O. The lowest BCUT2D eigenvalue weighted by molar-refractivity contribution is 0.206. The van der Waals surface area contributed by atoms with E-state index in [0.29, 0.717) is 23.5 Å². The van der Waals surface area contributed by atoms with Crippen molar-refractivity contribution in [1.82, 2.24) is 14.9 Å². The molecule has 0 spiro atoms. The number of amides is 2. The molecule has 0 aliphatic carbocycles. The lowest BCUT2D eigenvalue weighted by atomic mass is 10.1. The molecule has 0 saturated heterocycles. The van der Waals surface area contributed by atoms with Crippen LogP contribution < -0.4 is 15.6 Å². The second-order valence-electron chi connectivity index (χ2n) is 8.02. The van der Waals surface area contributed by atoms with Gasteiger partial charge in [0.15, 0.2) is 0 Å². The van der Waals surface area contributed by atoms with Gasteiger partial charge in [0, 0.05) is 24.5 Å². The van der Waals surface area contributed by atoms with Crippen LogP contribution in [0.5, 0.6) is 5.75 Å². The van der Waals surface area contributed by atoms with Crippen molar-refractivity contribution in [1.29, 1.82) is 0 Å². The van der Waals surface area contributed by atoms with Crippen LogP contribution in [0.2, 0.25) is 0 Å². The molecule has 0 bridgehead atoms. The minimum atomic E-state index is -0.344. The van der Waals surface area contributed by atoms with Gasteiger partial charge in [-0.1, -0.05) is 29.8 Å². The Kier molecular flexibility index (Phi) is 6.40. The lowest BCUT2D eigenvalue weighted by Gasteiger charge is -2.24. The molecule has 168 valence electrons. The minimum Gasteiger partial charge on any atom is -0.495 e. The molecule has 7 heteroatoms. The Morgan fingerprint density at radius 1 is 1.09 bits per heavy atom. The third-order valence-electron chi connectivity index (χ3n) is 5.46. The predicted molar refractivity (Wildman–Crippen MR) is 130 cm³/mol. The number of rotatable bonds is 6. The Labute approximate surface area is 192 Å². The van der Waals surface area contributed by atoms with Crippen molar-refractivity contribution in [3.8, 4) is 5.75 Å². The molecule has 0 fully saturated rings. The molecule has 2 heterocycles. The fourth-order valence-corrected chi connectivity index (χ4v) is 3.91. The number of H-pyrrole nitrogens is 1. The maximum atomic E-state index is 13.3. The summed E-state index contributed by atoms with van der Waals surface area (Å²) in [6, 6.07) is 16.5. The number of nitrogens with one attached hydrogen (secondary N) is 2. The smallest absolute Gasteiger partial charge is 0.322 e. The number of anilines is 1. The topological polar surface area (TPSA) is 87.3 Å². The molecule has 0 atom stereocenters. The van der Waals surface area contributed by atoms with E-state index in [9.17, 15) is 9.59 Å². The van der Waals surface area contributed by atoms with Gasteiger partial charge in [-0.25, -0.2) is 4.79 Å². The predicted octanol–water partition coefficient (Wildman–Crippen LogP) is 4.78. The minimum absolute atomic E-state index is 0.133. The number of aromatic nitrogens is 2.